The van der Waals surface area contributed by atoms with Crippen LogP contribution < -0.4 is 0 Å². The molecule has 0 aromatic carbocycles. The van der Waals surface area contributed by atoms with Gasteiger partial charge in [0.05, 0.1) is 12.5 Å². The average molecular weight is 563 g/mol. The largest absolute Gasteiger partial charge is 0.465 e. The molecule has 2 heteroatoms. The van der Waals surface area contributed by atoms with Crippen LogP contribution in [0.15, 0.2) is 0 Å². The quantitative estimate of drug-likeness (QED) is 0.123. The van der Waals surface area contributed by atoms with E-state index in [9.17, 15) is 4.79 Å². The summed E-state index contributed by atoms with van der Waals surface area (Å²) in [5.41, 5.74) is 0. The second kappa shape index (κ2) is 31.4. The highest BCUT2D eigenvalue weighted by atomic mass is 16.5. The van der Waals surface area contributed by atoms with E-state index in [0.717, 1.165) is 19.3 Å². The van der Waals surface area contributed by atoms with Crippen molar-refractivity contribution in [3.63, 3.8) is 0 Å². The number of rotatable bonds is 18. The summed E-state index contributed by atoms with van der Waals surface area (Å²) in [4.78, 5) is 12.9. The van der Waals surface area contributed by atoms with Gasteiger partial charge in [-0.3, -0.25) is 4.79 Å². The lowest BCUT2D eigenvalue weighted by Crippen LogP contribution is -2.18. The Morgan fingerprint density at radius 3 is 1.02 bits per heavy atom. The van der Waals surface area contributed by atoms with E-state index in [2.05, 4.69) is 6.92 Å². The summed E-state index contributed by atoms with van der Waals surface area (Å²) in [7, 11) is 0. The Kier molecular flexibility index (Phi) is 29.4. The molecule has 0 unspecified atom stereocenters. The van der Waals surface area contributed by atoms with Crippen LogP contribution in [0.5, 0.6) is 0 Å². The van der Waals surface area contributed by atoms with E-state index >= 15 is 0 Å². The van der Waals surface area contributed by atoms with E-state index in [1.165, 1.54) is 199 Å². The SMILES string of the molecule is CCCCCCCCCCCCCCCCCCOC(=O)C1CCCCCCCCCCCCCCCCCC1. The van der Waals surface area contributed by atoms with Crippen molar-refractivity contribution in [1.82, 2.24) is 0 Å². The van der Waals surface area contributed by atoms with Crippen molar-refractivity contribution in [3.8, 4) is 0 Å². The molecule has 238 valence electrons. The van der Waals surface area contributed by atoms with E-state index in [4.69, 9.17) is 4.74 Å². The van der Waals surface area contributed by atoms with Crippen LogP contribution in [0, 0.1) is 5.92 Å². The molecular weight excluding hydrogens is 488 g/mol. The van der Waals surface area contributed by atoms with Crippen molar-refractivity contribution in [2.45, 2.75) is 225 Å². The molecule has 0 atom stereocenters. The molecule has 0 bridgehead atoms. The monoisotopic (exact) mass is 563 g/mol. The maximum absolute atomic E-state index is 12.9. The minimum atomic E-state index is 0.117. The van der Waals surface area contributed by atoms with E-state index in [1.54, 1.807) is 0 Å². The third-order valence-electron chi connectivity index (χ3n) is 9.43. The molecule has 0 spiro atoms. The lowest BCUT2D eigenvalue weighted by atomic mass is 9.94. The van der Waals surface area contributed by atoms with Gasteiger partial charge in [0.25, 0.3) is 0 Å². The second-order valence-electron chi connectivity index (χ2n) is 13.4. The van der Waals surface area contributed by atoms with Crippen LogP contribution in [-0.4, -0.2) is 12.6 Å². The Labute approximate surface area is 253 Å². The molecule has 0 aromatic rings. The molecule has 1 aliphatic carbocycles. The van der Waals surface area contributed by atoms with Crippen molar-refractivity contribution in [2.24, 2.45) is 5.92 Å². The fraction of sp³-hybridized carbons (Fsp3) is 0.974. The first-order chi connectivity index (χ1) is 19.8. The Hall–Kier alpha value is -0.530. The van der Waals surface area contributed by atoms with Crippen LogP contribution in [0.3, 0.4) is 0 Å². The van der Waals surface area contributed by atoms with E-state index in [-0.39, 0.29) is 11.9 Å². The van der Waals surface area contributed by atoms with Crippen molar-refractivity contribution in [1.29, 1.82) is 0 Å². The summed E-state index contributed by atoms with van der Waals surface area (Å²) < 4.78 is 5.81. The smallest absolute Gasteiger partial charge is 0.308 e. The summed E-state index contributed by atoms with van der Waals surface area (Å²) in [5.74, 6) is 0.273. The minimum Gasteiger partial charge on any atom is -0.465 e. The molecular formula is C38H74O2. The zero-order valence-corrected chi connectivity index (χ0v) is 27.6. The topological polar surface area (TPSA) is 26.3 Å². The fourth-order valence-electron chi connectivity index (χ4n) is 6.58. The number of hydrogen-bond donors (Lipinski definition) is 0. The summed E-state index contributed by atoms with van der Waals surface area (Å²) in [6.07, 6.45) is 46.1. The molecule has 0 N–H and O–H groups in total. The fourth-order valence-corrected chi connectivity index (χ4v) is 6.58. The first kappa shape index (κ1) is 37.5. The standard InChI is InChI=1S/C38H74O2/c1-2-3-4-5-6-7-8-9-10-15-18-21-24-27-30-33-36-40-38(39)37-34-31-28-25-22-19-16-13-11-12-14-17-20-23-26-29-32-35-37/h37H,2-36H2,1H3. The van der Waals surface area contributed by atoms with Crippen molar-refractivity contribution >= 4 is 5.97 Å². The molecule has 40 heavy (non-hydrogen) atoms. The maximum Gasteiger partial charge on any atom is 0.308 e. The molecule has 0 aliphatic heterocycles. The van der Waals surface area contributed by atoms with Crippen LogP contribution in [0.25, 0.3) is 0 Å². The summed E-state index contributed by atoms with van der Waals surface area (Å²) in [6, 6.07) is 0. The van der Waals surface area contributed by atoms with Crippen LogP contribution in [0.2, 0.25) is 0 Å². The third-order valence-corrected chi connectivity index (χ3v) is 9.43. The van der Waals surface area contributed by atoms with Gasteiger partial charge in [-0.15, -0.1) is 0 Å². The molecule has 1 saturated carbocycles. The van der Waals surface area contributed by atoms with Gasteiger partial charge < -0.3 is 4.74 Å². The van der Waals surface area contributed by atoms with Crippen LogP contribution in [-0.2, 0) is 9.53 Å². The summed E-state index contributed by atoms with van der Waals surface area (Å²) >= 11 is 0. The second-order valence-corrected chi connectivity index (χ2v) is 13.4. The van der Waals surface area contributed by atoms with E-state index < -0.39 is 0 Å². The van der Waals surface area contributed by atoms with Gasteiger partial charge in [0.1, 0.15) is 0 Å². The molecule has 1 rings (SSSR count). The number of esters is 1. The minimum absolute atomic E-state index is 0.117. The van der Waals surface area contributed by atoms with Crippen LogP contribution >= 0.6 is 0 Å². The Balaban J connectivity index is 2.04. The highest BCUT2D eigenvalue weighted by molar-refractivity contribution is 5.72. The lowest BCUT2D eigenvalue weighted by molar-refractivity contribution is -0.149. The average Bonchev–Trinajstić information content (AvgIpc) is 2.96. The normalized spacial score (nSPS) is 18.0. The first-order valence-corrected chi connectivity index (χ1v) is 19.0. The number of ether oxygens (including phenoxy) is 1. The predicted molar refractivity (Wildman–Crippen MR) is 177 cm³/mol. The number of carbonyl (C=O) groups is 1. The molecule has 1 fully saturated rings. The predicted octanol–water partition coefficient (Wildman–Crippen LogP) is 13.4. The maximum atomic E-state index is 12.9. The van der Waals surface area contributed by atoms with Gasteiger partial charge >= 0.3 is 5.97 Å². The molecule has 2 nitrogen and oxygen atoms in total. The van der Waals surface area contributed by atoms with Crippen molar-refractivity contribution in [3.05, 3.63) is 0 Å². The Morgan fingerprint density at radius 2 is 0.700 bits per heavy atom. The lowest BCUT2D eigenvalue weighted by Gasteiger charge is -2.16. The highest BCUT2D eigenvalue weighted by Gasteiger charge is 2.19. The van der Waals surface area contributed by atoms with Gasteiger partial charge in [0.15, 0.2) is 0 Å². The molecule has 0 radical (unpaired) electrons. The van der Waals surface area contributed by atoms with Gasteiger partial charge in [-0.1, -0.05) is 206 Å². The van der Waals surface area contributed by atoms with Gasteiger partial charge in [-0.05, 0) is 19.3 Å². The van der Waals surface area contributed by atoms with E-state index in [1.807, 2.05) is 0 Å². The molecule has 0 heterocycles. The summed E-state index contributed by atoms with van der Waals surface area (Å²) in [5, 5.41) is 0. The number of carbonyl (C=O) groups excluding carboxylic acids is 1. The molecule has 0 aromatic heterocycles. The number of unbranched alkanes of at least 4 members (excludes halogenated alkanes) is 15. The molecule has 0 saturated heterocycles. The first-order valence-electron chi connectivity index (χ1n) is 19.0. The van der Waals surface area contributed by atoms with Crippen molar-refractivity contribution in [2.75, 3.05) is 6.61 Å². The van der Waals surface area contributed by atoms with Gasteiger partial charge in [0.2, 0.25) is 0 Å². The highest BCUT2D eigenvalue weighted by Crippen LogP contribution is 2.22. The zero-order valence-electron chi connectivity index (χ0n) is 27.6. The summed E-state index contributed by atoms with van der Waals surface area (Å²) in [6.45, 7) is 2.94. The third kappa shape index (κ3) is 26.4. The Morgan fingerprint density at radius 1 is 0.425 bits per heavy atom. The van der Waals surface area contributed by atoms with Gasteiger partial charge in [0, 0.05) is 0 Å². The molecule has 1 aliphatic rings. The van der Waals surface area contributed by atoms with E-state index in [0.29, 0.717) is 6.61 Å². The zero-order chi connectivity index (χ0) is 28.6. The van der Waals surface area contributed by atoms with Crippen molar-refractivity contribution < 1.29 is 9.53 Å². The number of hydrogen-bond acceptors (Lipinski definition) is 2. The van der Waals surface area contributed by atoms with Crippen LogP contribution in [0.4, 0.5) is 0 Å². The Bertz CT molecular complexity index is 482. The van der Waals surface area contributed by atoms with Gasteiger partial charge in [-0.25, -0.2) is 0 Å². The van der Waals surface area contributed by atoms with Crippen LogP contribution in [0.1, 0.15) is 225 Å². The molecule has 0 amide bonds. The van der Waals surface area contributed by atoms with Gasteiger partial charge in [-0.2, -0.15) is 0 Å².